The minimum Gasteiger partial charge on any atom is -0.459 e. The van der Waals surface area contributed by atoms with Crippen molar-refractivity contribution in [2.45, 2.75) is 37.9 Å². The fourth-order valence-electron chi connectivity index (χ4n) is 4.03. The SMILES string of the molecule is O=C(c1ccco1)N1CCCN(C(=O)[C@@H]2C[C@H]3CC[C@H]2O3)CC1. The lowest BCUT2D eigenvalue weighted by molar-refractivity contribution is -0.137. The van der Waals surface area contributed by atoms with Crippen LogP contribution in [0.5, 0.6) is 0 Å². The van der Waals surface area contributed by atoms with E-state index >= 15 is 0 Å². The van der Waals surface area contributed by atoms with E-state index in [1.807, 2.05) is 4.90 Å². The number of amides is 2. The molecular weight excluding hydrogens is 296 g/mol. The van der Waals surface area contributed by atoms with Crippen molar-refractivity contribution in [3.63, 3.8) is 0 Å². The van der Waals surface area contributed by atoms with Gasteiger partial charge in [-0.2, -0.15) is 0 Å². The maximum Gasteiger partial charge on any atom is 0.289 e. The number of hydrogen-bond donors (Lipinski definition) is 0. The van der Waals surface area contributed by atoms with E-state index in [2.05, 4.69) is 0 Å². The van der Waals surface area contributed by atoms with Gasteiger partial charge in [0.1, 0.15) is 0 Å². The second kappa shape index (κ2) is 6.00. The zero-order valence-corrected chi connectivity index (χ0v) is 13.1. The highest BCUT2D eigenvalue weighted by Gasteiger charge is 2.45. The van der Waals surface area contributed by atoms with Gasteiger partial charge in [0.05, 0.1) is 24.4 Å². The molecule has 124 valence electrons. The van der Waals surface area contributed by atoms with Crippen molar-refractivity contribution in [3.8, 4) is 0 Å². The Morgan fingerprint density at radius 1 is 1.09 bits per heavy atom. The van der Waals surface area contributed by atoms with Gasteiger partial charge in [0.25, 0.3) is 5.91 Å². The molecule has 0 radical (unpaired) electrons. The fourth-order valence-corrected chi connectivity index (χ4v) is 4.03. The number of ether oxygens (including phenoxy) is 1. The van der Waals surface area contributed by atoms with Crippen LogP contribution in [0.3, 0.4) is 0 Å². The molecule has 1 aromatic rings. The van der Waals surface area contributed by atoms with Crippen LogP contribution in [-0.4, -0.2) is 60.0 Å². The first-order valence-corrected chi connectivity index (χ1v) is 8.49. The van der Waals surface area contributed by atoms with E-state index < -0.39 is 0 Å². The molecule has 3 aliphatic heterocycles. The lowest BCUT2D eigenvalue weighted by Gasteiger charge is -2.27. The molecular formula is C17H22N2O4. The van der Waals surface area contributed by atoms with E-state index in [9.17, 15) is 9.59 Å². The Labute approximate surface area is 135 Å². The van der Waals surface area contributed by atoms with Gasteiger partial charge in [0, 0.05) is 26.2 Å². The largest absolute Gasteiger partial charge is 0.459 e. The molecule has 0 saturated carbocycles. The van der Waals surface area contributed by atoms with Crippen molar-refractivity contribution in [2.75, 3.05) is 26.2 Å². The van der Waals surface area contributed by atoms with Gasteiger partial charge < -0.3 is 19.0 Å². The minimum atomic E-state index is -0.0902. The molecule has 0 N–H and O–H groups in total. The Morgan fingerprint density at radius 2 is 1.91 bits per heavy atom. The number of furan rings is 1. The Balaban J connectivity index is 1.37. The standard InChI is InChI=1S/C17H22N2O4/c20-16(13-11-12-4-5-14(13)23-12)18-6-2-7-19(9-8-18)17(21)15-3-1-10-22-15/h1,3,10,12-14H,2,4-9,11H2/t12-,13-,14-/m1/s1. The first kappa shape index (κ1) is 14.8. The van der Waals surface area contributed by atoms with E-state index in [1.165, 1.54) is 6.26 Å². The highest BCUT2D eigenvalue weighted by Crippen LogP contribution is 2.39. The molecule has 1 aromatic heterocycles. The van der Waals surface area contributed by atoms with E-state index in [-0.39, 0.29) is 29.9 Å². The highest BCUT2D eigenvalue weighted by atomic mass is 16.5. The number of carbonyl (C=O) groups is 2. The van der Waals surface area contributed by atoms with Crippen LogP contribution in [0, 0.1) is 5.92 Å². The van der Waals surface area contributed by atoms with Crippen molar-refractivity contribution in [2.24, 2.45) is 5.92 Å². The van der Waals surface area contributed by atoms with E-state index in [0.717, 1.165) is 25.7 Å². The molecule has 23 heavy (non-hydrogen) atoms. The Hall–Kier alpha value is -1.82. The first-order chi connectivity index (χ1) is 11.2. The van der Waals surface area contributed by atoms with Gasteiger partial charge >= 0.3 is 0 Å². The van der Waals surface area contributed by atoms with Crippen LogP contribution in [0.25, 0.3) is 0 Å². The van der Waals surface area contributed by atoms with Gasteiger partial charge in [-0.25, -0.2) is 0 Å². The molecule has 0 aliphatic carbocycles. The monoisotopic (exact) mass is 318 g/mol. The molecule has 4 rings (SSSR count). The molecule has 0 unspecified atom stereocenters. The normalized spacial score (nSPS) is 30.5. The second-order valence-electron chi connectivity index (χ2n) is 6.66. The maximum absolute atomic E-state index is 12.8. The number of hydrogen-bond acceptors (Lipinski definition) is 4. The number of carbonyl (C=O) groups excluding carboxylic acids is 2. The van der Waals surface area contributed by atoms with Gasteiger partial charge in [-0.05, 0) is 37.8 Å². The van der Waals surface area contributed by atoms with Crippen LogP contribution in [-0.2, 0) is 9.53 Å². The van der Waals surface area contributed by atoms with Crippen molar-refractivity contribution in [3.05, 3.63) is 24.2 Å². The number of rotatable bonds is 2. The van der Waals surface area contributed by atoms with Crippen molar-refractivity contribution >= 4 is 11.8 Å². The summed E-state index contributed by atoms with van der Waals surface area (Å²) in [4.78, 5) is 28.8. The number of nitrogens with zero attached hydrogens (tertiary/aromatic N) is 2. The topological polar surface area (TPSA) is 63.0 Å². The molecule has 2 bridgehead atoms. The molecule has 3 aliphatic rings. The van der Waals surface area contributed by atoms with Gasteiger partial charge in [-0.3, -0.25) is 9.59 Å². The predicted octanol–water partition coefficient (Wildman–Crippen LogP) is 1.52. The third-order valence-electron chi connectivity index (χ3n) is 5.25. The Morgan fingerprint density at radius 3 is 2.61 bits per heavy atom. The predicted molar refractivity (Wildman–Crippen MR) is 81.8 cm³/mol. The lowest BCUT2D eigenvalue weighted by Crippen LogP contribution is -2.42. The Kier molecular flexibility index (Phi) is 3.85. The molecule has 0 aromatic carbocycles. The Bertz CT molecular complexity index is 585. The van der Waals surface area contributed by atoms with E-state index in [4.69, 9.17) is 9.15 Å². The molecule has 0 spiro atoms. The van der Waals surface area contributed by atoms with Gasteiger partial charge in [0.15, 0.2) is 5.76 Å². The lowest BCUT2D eigenvalue weighted by atomic mass is 9.88. The fraction of sp³-hybridized carbons (Fsp3) is 0.647. The molecule has 4 heterocycles. The summed E-state index contributed by atoms with van der Waals surface area (Å²) in [6.07, 6.45) is 5.71. The quantitative estimate of drug-likeness (QED) is 0.829. The van der Waals surface area contributed by atoms with Gasteiger partial charge in [-0.15, -0.1) is 0 Å². The molecule has 6 nitrogen and oxygen atoms in total. The summed E-state index contributed by atoms with van der Waals surface area (Å²) in [6, 6.07) is 3.40. The van der Waals surface area contributed by atoms with Crippen molar-refractivity contribution in [1.29, 1.82) is 0 Å². The van der Waals surface area contributed by atoms with E-state index in [1.54, 1.807) is 17.0 Å². The van der Waals surface area contributed by atoms with Crippen molar-refractivity contribution < 1.29 is 18.7 Å². The third-order valence-corrected chi connectivity index (χ3v) is 5.25. The molecule has 3 fully saturated rings. The molecule has 2 amide bonds. The highest BCUT2D eigenvalue weighted by molar-refractivity contribution is 5.91. The average Bonchev–Trinajstić information content (AvgIpc) is 3.28. The van der Waals surface area contributed by atoms with Crippen LogP contribution < -0.4 is 0 Å². The minimum absolute atomic E-state index is 0.0288. The summed E-state index contributed by atoms with van der Waals surface area (Å²) < 4.78 is 11.0. The van der Waals surface area contributed by atoms with Crippen LogP contribution in [0.2, 0.25) is 0 Å². The summed E-state index contributed by atoms with van der Waals surface area (Å²) in [5.74, 6) is 0.518. The summed E-state index contributed by atoms with van der Waals surface area (Å²) in [5.41, 5.74) is 0. The third kappa shape index (κ3) is 2.76. The van der Waals surface area contributed by atoms with Crippen LogP contribution in [0.15, 0.2) is 22.8 Å². The van der Waals surface area contributed by atoms with Gasteiger partial charge in [-0.1, -0.05) is 0 Å². The zero-order chi connectivity index (χ0) is 15.8. The average molecular weight is 318 g/mol. The summed E-state index contributed by atoms with van der Waals surface area (Å²) >= 11 is 0. The van der Waals surface area contributed by atoms with Crippen LogP contribution in [0.1, 0.15) is 36.2 Å². The second-order valence-corrected chi connectivity index (χ2v) is 6.66. The zero-order valence-electron chi connectivity index (χ0n) is 13.1. The maximum atomic E-state index is 12.8. The van der Waals surface area contributed by atoms with E-state index in [0.29, 0.717) is 31.9 Å². The number of fused-ring (bicyclic) bond motifs is 2. The summed E-state index contributed by atoms with van der Waals surface area (Å²) in [7, 11) is 0. The van der Waals surface area contributed by atoms with Crippen LogP contribution >= 0.6 is 0 Å². The molecule has 3 atom stereocenters. The molecule has 3 saturated heterocycles. The summed E-state index contributed by atoms with van der Waals surface area (Å²) in [5, 5.41) is 0. The first-order valence-electron chi connectivity index (χ1n) is 8.49. The summed E-state index contributed by atoms with van der Waals surface area (Å²) in [6.45, 7) is 2.54. The molecule has 6 heteroatoms. The smallest absolute Gasteiger partial charge is 0.289 e. The van der Waals surface area contributed by atoms with Crippen molar-refractivity contribution in [1.82, 2.24) is 9.80 Å². The van der Waals surface area contributed by atoms with Gasteiger partial charge in [0.2, 0.25) is 5.91 Å². The van der Waals surface area contributed by atoms with Crippen LogP contribution in [0.4, 0.5) is 0 Å².